The topological polar surface area (TPSA) is 98.5 Å². The number of anilines is 2. The summed E-state index contributed by atoms with van der Waals surface area (Å²) in [6, 6.07) is 3.77. The lowest BCUT2D eigenvalue weighted by molar-refractivity contribution is -0.115. The lowest BCUT2D eigenvalue weighted by atomic mass is 10.2. The Labute approximate surface area is 123 Å². The van der Waals surface area contributed by atoms with Gasteiger partial charge in [0.05, 0.1) is 17.2 Å². The van der Waals surface area contributed by atoms with Crippen molar-refractivity contribution < 1.29 is 22.3 Å². The standard InChI is InChI=1S/C13H19FN2O4S/c1-20-6-2-7-21(18,19)8-5-13(17)16-10-3-4-11(14)12(15)9-10/h3-4,9H,2,5-8,15H2,1H3,(H,16,17). The van der Waals surface area contributed by atoms with Crippen LogP contribution in [-0.4, -0.2) is 39.5 Å². The van der Waals surface area contributed by atoms with E-state index in [9.17, 15) is 17.6 Å². The molecule has 1 rings (SSSR count). The number of rotatable bonds is 8. The summed E-state index contributed by atoms with van der Waals surface area (Å²) < 4.78 is 41.0. The van der Waals surface area contributed by atoms with E-state index in [4.69, 9.17) is 10.5 Å². The molecule has 1 aromatic rings. The first-order valence-corrected chi connectivity index (χ1v) is 8.20. The van der Waals surface area contributed by atoms with Gasteiger partial charge in [0.1, 0.15) is 5.82 Å². The highest BCUT2D eigenvalue weighted by Crippen LogP contribution is 2.16. The number of benzene rings is 1. The van der Waals surface area contributed by atoms with Gasteiger partial charge in [-0.2, -0.15) is 0 Å². The van der Waals surface area contributed by atoms with Crippen LogP contribution < -0.4 is 11.1 Å². The Kier molecular flexibility index (Phi) is 6.57. The van der Waals surface area contributed by atoms with Gasteiger partial charge in [0.2, 0.25) is 5.91 Å². The Morgan fingerprint density at radius 1 is 1.38 bits per heavy atom. The molecule has 0 unspecified atom stereocenters. The van der Waals surface area contributed by atoms with E-state index in [-0.39, 0.29) is 23.6 Å². The highest BCUT2D eigenvalue weighted by molar-refractivity contribution is 7.91. The van der Waals surface area contributed by atoms with Crippen molar-refractivity contribution >= 4 is 27.1 Å². The summed E-state index contributed by atoms with van der Waals surface area (Å²) in [5, 5.41) is 2.48. The summed E-state index contributed by atoms with van der Waals surface area (Å²) in [5.41, 5.74) is 5.62. The number of hydrogen-bond acceptors (Lipinski definition) is 5. The zero-order valence-electron chi connectivity index (χ0n) is 11.8. The fourth-order valence-corrected chi connectivity index (χ4v) is 2.88. The maximum atomic E-state index is 13.0. The Hall–Kier alpha value is -1.67. The van der Waals surface area contributed by atoms with Crippen molar-refractivity contribution in [2.75, 3.05) is 36.3 Å². The van der Waals surface area contributed by atoms with Crippen LogP contribution in [0.1, 0.15) is 12.8 Å². The van der Waals surface area contributed by atoms with Crippen LogP contribution in [-0.2, 0) is 19.4 Å². The molecule has 6 nitrogen and oxygen atoms in total. The van der Waals surface area contributed by atoms with Crippen molar-refractivity contribution in [2.45, 2.75) is 12.8 Å². The molecule has 0 saturated carbocycles. The molecule has 0 radical (unpaired) electrons. The van der Waals surface area contributed by atoms with Crippen LogP contribution >= 0.6 is 0 Å². The number of ether oxygens (including phenoxy) is 1. The molecular formula is C13H19FN2O4S. The molecule has 1 amide bonds. The first-order chi connectivity index (χ1) is 9.84. The largest absolute Gasteiger partial charge is 0.396 e. The zero-order valence-corrected chi connectivity index (χ0v) is 12.6. The highest BCUT2D eigenvalue weighted by atomic mass is 32.2. The van der Waals surface area contributed by atoms with Gasteiger partial charge >= 0.3 is 0 Å². The minimum Gasteiger partial charge on any atom is -0.396 e. The highest BCUT2D eigenvalue weighted by Gasteiger charge is 2.13. The van der Waals surface area contributed by atoms with Crippen LogP contribution in [0.3, 0.4) is 0 Å². The first kappa shape index (κ1) is 17.4. The van der Waals surface area contributed by atoms with Gasteiger partial charge in [0, 0.05) is 25.8 Å². The van der Waals surface area contributed by atoms with Gasteiger partial charge < -0.3 is 15.8 Å². The molecule has 0 fully saturated rings. The SMILES string of the molecule is COCCCS(=O)(=O)CCC(=O)Nc1ccc(F)c(N)c1. The third-order valence-corrected chi connectivity index (χ3v) is 4.46. The van der Waals surface area contributed by atoms with Crippen molar-refractivity contribution in [1.82, 2.24) is 0 Å². The first-order valence-electron chi connectivity index (χ1n) is 6.38. The molecular weight excluding hydrogens is 299 g/mol. The average Bonchev–Trinajstić information content (AvgIpc) is 2.41. The molecule has 3 N–H and O–H groups in total. The molecule has 0 heterocycles. The Morgan fingerprint density at radius 3 is 2.71 bits per heavy atom. The van der Waals surface area contributed by atoms with Gasteiger partial charge in [-0.15, -0.1) is 0 Å². The molecule has 0 aliphatic carbocycles. The van der Waals surface area contributed by atoms with E-state index in [1.54, 1.807) is 0 Å². The van der Waals surface area contributed by atoms with Gasteiger partial charge in [-0.25, -0.2) is 12.8 Å². The number of halogens is 1. The summed E-state index contributed by atoms with van der Waals surface area (Å²) in [7, 11) is -1.79. The third kappa shape index (κ3) is 6.54. The summed E-state index contributed by atoms with van der Waals surface area (Å²) in [6.45, 7) is 0.361. The summed E-state index contributed by atoms with van der Waals surface area (Å²) in [5.74, 6) is -1.29. The molecule has 1 aromatic carbocycles. The molecule has 0 atom stereocenters. The van der Waals surface area contributed by atoms with E-state index >= 15 is 0 Å². The summed E-state index contributed by atoms with van der Waals surface area (Å²) in [4.78, 5) is 11.7. The quantitative estimate of drug-likeness (QED) is 0.554. The molecule has 0 bridgehead atoms. The van der Waals surface area contributed by atoms with E-state index in [1.807, 2.05) is 0 Å². The Bertz CT molecular complexity index is 590. The molecule has 0 saturated heterocycles. The fourth-order valence-electron chi connectivity index (χ4n) is 1.62. The number of nitrogens with one attached hydrogen (secondary N) is 1. The normalized spacial score (nSPS) is 11.3. The lowest BCUT2D eigenvalue weighted by Crippen LogP contribution is -2.19. The van der Waals surface area contributed by atoms with E-state index in [2.05, 4.69) is 5.32 Å². The van der Waals surface area contributed by atoms with Crippen molar-refractivity contribution in [3.05, 3.63) is 24.0 Å². The number of amides is 1. The maximum absolute atomic E-state index is 13.0. The number of nitrogen functional groups attached to an aromatic ring is 1. The molecule has 0 aliphatic heterocycles. The van der Waals surface area contributed by atoms with E-state index in [0.717, 1.165) is 6.07 Å². The number of methoxy groups -OCH3 is 1. The van der Waals surface area contributed by atoms with E-state index < -0.39 is 21.6 Å². The second kappa shape index (κ2) is 7.94. The van der Waals surface area contributed by atoms with Crippen molar-refractivity contribution in [3.8, 4) is 0 Å². The fraction of sp³-hybridized carbons (Fsp3) is 0.462. The number of carbonyl (C=O) groups excluding carboxylic acids is 1. The predicted octanol–water partition coefficient (Wildman–Crippen LogP) is 1.19. The molecule has 0 spiro atoms. The summed E-state index contributed by atoms with van der Waals surface area (Å²) in [6.07, 6.45) is 0.238. The molecule has 0 aliphatic rings. The van der Waals surface area contributed by atoms with Crippen molar-refractivity contribution in [2.24, 2.45) is 0 Å². The molecule has 118 valence electrons. The Balaban J connectivity index is 2.45. The lowest BCUT2D eigenvalue weighted by Gasteiger charge is -2.07. The average molecular weight is 318 g/mol. The van der Waals surface area contributed by atoms with Crippen LogP contribution in [0.15, 0.2) is 18.2 Å². The van der Waals surface area contributed by atoms with Crippen LogP contribution in [0.25, 0.3) is 0 Å². The maximum Gasteiger partial charge on any atom is 0.225 e. The van der Waals surface area contributed by atoms with Gasteiger partial charge in [-0.1, -0.05) is 0 Å². The third-order valence-electron chi connectivity index (χ3n) is 2.72. The summed E-state index contributed by atoms with van der Waals surface area (Å²) >= 11 is 0. The Morgan fingerprint density at radius 2 is 2.10 bits per heavy atom. The number of carbonyl (C=O) groups is 1. The van der Waals surface area contributed by atoms with E-state index in [1.165, 1.54) is 19.2 Å². The predicted molar refractivity (Wildman–Crippen MR) is 79.2 cm³/mol. The van der Waals surface area contributed by atoms with Gasteiger partial charge in [0.25, 0.3) is 0 Å². The van der Waals surface area contributed by atoms with Crippen LogP contribution in [0.2, 0.25) is 0 Å². The minimum atomic E-state index is -3.28. The zero-order chi connectivity index (χ0) is 15.9. The molecule has 21 heavy (non-hydrogen) atoms. The molecule has 8 heteroatoms. The van der Waals surface area contributed by atoms with Gasteiger partial charge in [0.15, 0.2) is 9.84 Å². The second-order valence-corrected chi connectivity index (χ2v) is 6.84. The number of hydrogen-bond donors (Lipinski definition) is 2. The monoisotopic (exact) mass is 318 g/mol. The minimum absolute atomic E-state index is 0.0163. The van der Waals surface area contributed by atoms with Gasteiger partial charge in [-0.05, 0) is 24.6 Å². The van der Waals surface area contributed by atoms with Crippen LogP contribution in [0.4, 0.5) is 15.8 Å². The number of nitrogens with two attached hydrogens (primary N) is 1. The van der Waals surface area contributed by atoms with Crippen molar-refractivity contribution in [3.63, 3.8) is 0 Å². The van der Waals surface area contributed by atoms with E-state index in [0.29, 0.717) is 18.7 Å². The van der Waals surface area contributed by atoms with Crippen LogP contribution in [0, 0.1) is 5.82 Å². The van der Waals surface area contributed by atoms with Gasteiger partial charge in [-0.3, -0.25) is 4.79 Å². The number of sulfone groups is 1. The van der Waals surface area contributed by atoms with Crippen molar-refractivity contribution in [1.29, 1.82) is 0 Å². The molecule has 0 aromatic heterocycles. The van der Waals surface area contributed by atoms with Crippen LogP contribution in [0.5, 0.6) is 0 Å². The second-order valence-electron chi connectivity index (χ2n) is 4.53. The smallest absolute Gasteiger partial charge is 0.225 e.